The van der Waals surface area contributed by atoms with E-state index in [9.17, 15) is 0 Å². The number of aryl methyl sites for hydroxylation is 1. The van der Waals surface area contributed by atoms with Crippen molar-refractivity contribution in [2.45, 2.75) is 6.92 Å². The van der Waals surface area contributed by atoms with E-state index in [2.05, 4.69) is 19.6 Å². The van der Waals surface area contributed by atoms with Crippen LogP contribution in [0, 0.1) is 6.92 Å². The number of nitrogens with zero attached hydrogens (tertiary/aromatic N) is 3. The highest BCUT2D eigenvalue weighted by atomic mass is 32.1. The minimum atomic E-state index is 0.577. The molecule has 0 amide bonds. The van der Waals surface area contributed by atoms with Gasteiger partial charge in [0, 0.05) is 12.1 Å². The summed E-state index contributed by atoms with van der Waals surface area (Å²) in [6.45, 7) is 3.08. The molecule has 0 unspecified atom stereocenters. The van der Waals surface area contributed by atoms with Crippen LogP contribution in [0.3, 0.4) is 0 Å². The van der Waals surface area contributed by atoms with Crippen molar-refractivity contribution in [2.75, 3.05) is 13.2 Å². The quantitative estimate of drug-likeness (QED) is 0.736. The summed E-state index contributed by atoms with van der Waals surface area (Å²) in [4.78, 5) is 8.79. The molecule has 0 saturated carbocycles. The van der Waals surface area contributed by atoms with Crippen molar-refractivity contribution in [3.05, 3.63) is 17.8 Å². The largest absolute Gasteiger partial charge is 0.486 e. The maximum atomic E-state index is 5.56. The van der Waals surface area contributed by atoms with Gasteiger partial charge in [0.1, 0.15) is 18.1 Å². The van der Waals surface area contributed by atoms with Crippen LogP contribution in [0.4, 0.5) is 0 Å². The van der Waals surface area contributed by atoms with Gasteiger partial charge in [-0.25, -0.2) is 4.98 Å². The fourth-order valence-electron chi connectivity index (χ4n) is 2.10. The minimum absolute atomic E-state index is 0.577. The molecule has 1 N–H and O–H groups in total. The molecule has 3 heterocycles. The number of ether oxygens (including phenoxy) is 2. The number of fused-ring (bicyclic) bond motifs is 2. The molecule has 0 fully saturated rings. The van der Waals surface area contributed by atoms with Gasteiger partial charge < -0.3 is 14.5 Å². The summed E-state index contributed by atoms with van der Waals surface area (Å²) in [6, 6.07) is 3.82. The van der Waals surface area contributed by atoms with Crippen LogP contribution in [0.2, 0.25) is 0 Å². The molecule has 0 aliphatic carbocycles. The van der Waals surface area contributed by atoms with Crippen molar-refractivity contribution in [3.8, 4) is 22.2 Å². The molecule has 2 aromatic heterocycles. The molecule has 19 heavy (non-hydrogen) atoms. The molecule has 7 heteroatoms. The molecule has 6 nitrogen and oxygen atoms in total. The molecule has 0 radical (unpaired) electrons. The topological polar surface area (TPSA) is 72.9 Å². The van der Waals surface area contributed by atoms with Gasteiger partial charge in [0.2, 0.25) is 0 Å². The number of rotatable bonds is 1. The predicted molar refractivity (Wildman–Crippen MR) is 70.7 cm³/mol. The third kappa shape index (κ3) is 1.66. The van der Waals surface area contributed by atoms with Crippen molar-refractivity contribution in [1.82, 2.24) is 19.6 Å². The Hall–Kier alpha value is -2.15. The second kappa shape index (κ2) is 3.92. The lowest BCUT2D eigenvalue weighted by Gasteiger charge is -2.17. The number of nitrogens with one attached hydrogen (secondary N) is 1. The maximum absolute atomic E-state index is 5.56. The van der Waals surface area contributed by atoms with Crippen molar-refractivity contribution in [2.24, 2.45) is 0 Å². The standard InChI is InChI=1S/C12H10N4O2S/c1-6-11(19-16-15-6)12-13-7-4-9-10(5-8(7)14-12)18-3-2-17-9/h4-5H,2-3H2,1H3,(H,13,14). The first kappa shape index (κ1) is 10.7. The zero-order valence-corrected chi connectivity index (χ0v) is 11.0. The fourth-order valence-corrected chi connectivity index (χ4v) is 2.70. The minimum Gasteiger partial charge on any atom is -0.486 e. The van der Waals surface area contributed by atoms with Gasteiger partial charge in [-0.2, -0.15) is 0 Å². The molecule has 1 aromatic carbocycles. The van der Waals surface area contributed by atoms with Gasteiger partial charge in [-0.1, -0.05) is 4.49 Å². The Kier molecular flexibility index (Phi) is 2.22. The van der Waals surface area contributed by atoms with E-state index in [1.807, 2.05) is 19.1 Å². The zero-order valence-electron chi connectivity index (χ0n) is 10.1. The maximum Gasteiger partial charge on any atom is 0.163 e. The first-order valence-corrected chi connectivity index (χ1v) is 6.67. The summed E-state index contributed by atoms with van der Waals surface area (Å²) in [5, 5.41) is 4.00. The van der Waals surface area contributed by atoms with E-state index in [0.717, 1.165) is 38.9 Å². The molecule has 0 spiro atoms. The third-order valence-corrected chi connectivity index (χ3v) is 3.85. The third-order valence-electron chi connectivity index (χ3n) is 3.01. The van der Waals surface area contributed by atoms with Crippen LogP contribution >= 0.6 is 11.5 Å². The summed E-state index contributed by atoms with van der Waals surface area (Å²) in [7, 11) is 0. The van der Waals surface area contributed by atoms with Crippen LogP contribution in [0.15, 0.2) is 12.1 Å². The summed E-state index contributed by atoms with van der Waals surface area (Å²) in [5.41, 5.74) is 2.65. The van der Waals surface area contributed by atoms with Gasteiger partial charge in [0.25, 0.3) is 0 Å². The van der Waals surface area contributed by atoms with Crippen molar-refractivity contribution < 1.29 is 9.47 Å². The Morgan fingerprint density at radius 2 is 2.00 bits per heavy atom. The molecule has 0 saturated heterocycles. The number of hydrogen-bond acceptors (Lipinski definition) is 6. The van der Waals surface area contributed by atoms with E-state index in [0.29, 0.717) is 13.2 Å². The van der Waals surface area contributed by atoms with Crippen LogP contribution in [-0.2, 0) is 0 Å². The highest BCUT2D eigenvalue weighted by Crippen LogP contribution is 2.35. The molecule has 1 aliphatic rings. The Balaban J connectivity index is 1.90. The van der Waals surface area contributed by atoms with Crippen LogP contribution in [0.5, 0.6) is 11.5 Å². The number of aromatic nitrogens is 4. The van der Waals surface area contributed by atoms with E-state index in [-0.39, 0.29) is 0 Å². The van der Waals surface area contributed by atoms with Gasteiger partial charge >= 0.3 is 0 Å². The molecule has 0 bridgehead atoms. The zero-order chi connectivity index (χ0) is 12.8. The molecule has 3 aromatic rings. The molecular weight excluding hydrogens is 264 g/mol. The van der Waals surface area contributed by atoms with E-state index >= 15 is 0 Å². The highest BCUT2D eigenvalue weighted by Gasteiger charge is 2.16. The molecule has 4 rings (SSSR count). The molecular formula is C12H10N4O2S. The summed E-state index contributed by atoms with van der Waals surface area (Å²) in [5.74, 6) is 2.29. The van der Waals surface area contributed by atoms with E-state index in [4.69, 9.17) is 9.47 Å². The van der Waals surface area contributed by atoms with Crippen molar-refractivity contribution in [1.29, 1.82) is 0 Å². The average molecular weight is 274 g/mol. The number of imidazole rings is 1. The molecule has 0 atom stereocenters. The second-order valence-electron chi connectivity index (χ2n) is 4.29. The van der Waals surface area contributed by atoms with Crippen LogP contribution in [0.25, 0.3) is 21.7 Å². The van der Waals surface area contributed by atoms with Crippen LogP contribution in [-0.4, -0.2) is 32.8 Å². The fraction of sp³-hybridized carbons (Fsp3) is 0.250. The summed E-state index contributed by atoms with van der Waals surface area (Å²) in [6.07, 6.45) is 0. The van der Waals surface area contributed by atoms with E-state index in [1.165, 1.54) is 11.5 Å². The Morgan fingerprint density at radius 1 is 1.21 bits per heavy atom. The summed E-state index contributed by atoms with van der Waals surface area (Å²) < 4.78 is 15.0. The average Bonchev–Trinajstić information content (AvgIpc) is 3.01. The Morgan fingerprint density at radius 3 is 2.74 bits per heavy atom. The van der Waals surface area contributed by atoms with E-state index < -0.39 is 0 Å². The first-order chi connectivity index (χ1) is 9.31. The van der Waals surface area contributed by atoms with Gasteiger partial charge in [0.05, 0.1) is 16.7 Å². The Bertz CT molecular complexity index is 721. The lowest BCUT2D eigenvalue weighted by Crippen LogP contribution is -2.15. The van der Waals surface area contributed by atoms with Gasteiger partial charge in [-0.05, 0) is 18.5 Å². The van der Waals surface area contributed by atoms with Crippen molar-refractivity contribution in [3.63, 3.8) is 0 Å². The SMILES string of the molecule is Cc1nnsc1-c1nc2cc3c(cc2[nH]1)OCCO3. The lowest BCUT2D eigenvalue weighted by molar-refractivity contribution is 0.172. The summed E-state index contributed by atoms with van der Waals surface area (Å²) >= 11 is 1.33. The second-order valence-corrected chi connectivity index (χ2v) is 5.04. The van der Waals surface area contributed by atoms with Gasteiger partial charge in [0.15, 0.2) is 17.3 Å². The monoisotopic (exact) mass is 274 g/mol. The smallest absolute Gasteiger partial charge is 0.163 e. The van der Waals surface area contributed by atoms with Gasteiger partial charge in [-0.3, -0.25) is 0 Å². The number of hydrogen-bond donors (Lipinski definition) is 1. The molecule has 1 aliphatic heterocycles. The Labute approximate surface area is 112 Å². The lowest BCUT2D eigenvalue weighted by atomic mass is 10.2. The van der Waals surface area contributed by atoms with E-state index in [1.54, 1.807) is 0 Å². The van der Waals surface area contributed by atoms with Crippen LogP contribution < -0.4 is 9.47 Å². The van der Waals surface area contributed by atoms with Gasteiger partial charge in [-0.15, -0.1) is 5.10 Å². The normalized spacial score (nSPS) is 13.9. The molecule has 96 valence electrons. The van der Waals surface area contributed by atoms with Crippen molar-refractivity contribution >= 4 is 22.6 Å². The predicted octanol–water partition coefficient (Wildman–Crippen LogP) is 2.16. The number of H-pyrrole nitrogens is 1. The number of aromatic amines is 1. The highest BCUT2D eigenvalue weighted by molar-refractivity contribution is 7.09. The van der Waals surface area contributed by atoms with Crippen LogP contribution in [0.1, 0.15) is 5.69 Å². The number of benzene rings is 1. The first-order valence-electron chi connectivity index (χ1n) is 5.90.